The van der Waals surface area contributed by atoms with Crippen molar-refractivity contribution in [3.8, 4) is 6.07 Å². The molecule has 4 atom stereocenters. The first-order chi connectivity index (χ1) is 17.1. The third kappa shape index (κ3) is 5.52. The predicted octanol–water partition coefficient (Wildman–Crippen LogP) is -0.317. The van der Waals surface area contributed by atoms with Gasteiger partial charge in [-0.2, -0.15) is 5.26 Å². The number of piperazine rings is 1. The first kappa shape index (κ1) is 24.2. The van der Waals surface area contributed by atoms with Crippen molar-refractivity contribution in [1.82, 2.24) is 36.3 Å². The van der Waals surface area contributed by atoms with Gasteiger partial charge in [-0.1, -0.05) is 6.92 Å². The minimum absolute atomic E-state index is 0.00595. The van der Waals surface area contributed by atoms with E-state index >= 15 is 0 Å². The molecule has 0 aromatic carbocycles. The number of likely N-dealkylation sites (tertiary alicyclic amines) is 1. The minimum Gasteiger partial charge on any atom is -0.368 e. The number of nitrogens with one attached hydrogen (secondary N) is 5. The van der Waals surface area contributed by atoms with Gasteiger partial charge in [0.2, 0.25) is 5.91 Å². The molecule has 4 saturated heterocycles. The van der Waals surface area contributed by atoms with Crippen LogP contribution in [0.25, 0.3) is 0 Å². The molecular formula is C24H38N10O. The molecule has 5 heterocycles. The maximum atomic E-state index is 12.8. The highest BCUT2D eigenvalue weighted by Gasteiger charge is 2.45. The number of hydrazine groups is 1. The number of fused-ring (bicyclic) bond motifs is 1. The third-order valence-electron chi connectivity index (χ3n) is 7.95. The molecule has 0 radical (unpaired) electrons. The molecule has 5 N–H and O–H groups in total. The van der Waals surface area contributed by atoms with E-state index in [9.17, 15) is 4.79 Å². The predicted molar refractivity (Wildman–Crippen MR) is 134 cm³/mol. The highest BCUT2D eigenvalue weighted by Crippen LogP contribution is 2.25. The molecule has 1 aromatic heterocycles. The number of nitrogens with zero attached hydrogens (tertiary/aromatic N) is 5. The van der Waals surface area contributed by atoms with Crippen LogP contribution >= 0.6 is 0 Å². The van der Waals surface area contributed by atoms with Gasteiger partial charge >= 0.3 is 0 Å². The van der Waals surface area contributed by atoms with Crippen LogP contribution in [0, 0.1) is 23.2 Å². The summed E-state index contributed by atoms with van der Waals surface area (Å²) in [5.74, 6) is 1.20. The average Bonchev–Trinajstić information content (AvgIpc) is 2.90. The monoisotopic (exact) mass is 482 g/mol. The van der Waals surface area contributed by atoms with Crippen LogP contribution < -0.4 is 31.7 Å². The van der Waals surface area contributed by atoms with Crippen LogP contribution in [0.1, 0.15) is 26.2 Å². The zero-order valence-corrected chi connectivity index (χ0v) is 20.5. The van der Waals surface area contributed by atoms with Gasteiger partial charge in [0.15, 0.2) is 0 Å². The number of hydrogen-bond donors (Lipinski definition) is 5. The van der Waals surface area contributed by atoms with Crippen molar-refractivity contribution in [2.24, 2.45) is 11.8 Å². The Morgan fingerprint density at radius 1 is 1.14 bits per heavy atom. The van der Waals surface area contributed by atoms with Crippen LogP contribution in [0.5, 0.6) is 0 Å². The molecule has 0 bridgehead atoms. The van der Waals surface area contributed by atoms with Crippen LogP contribution in [0.2, 0.25) is 0 Å². The molecule has 11 nitrogen and oxygen atoms in total. The van der Waals surface area contributed by atoms with Gasteiger partial charge in [0.25, 0.3) is 0 Å². The molecule has 35 heavy (non-hydrogen) atoms. The average molecular weight is 483 g/mol. The van der Waals surface area contributed by atoms with Crippen molar-refractivity contribution >= 4 is 17.4 Å². The Kier molecular flexibility index (Phi) is 7.65. The number of carbonyl (C=O) groups excluding carboxylic acids is 1. The Bertz CT molecular complexity index is 889. The van der Waals surface area contributed by atoms with Crippen LogP contribution in [0.4, 0.5) is 11.5 Å². The summed E-state index contributed by atoms with van der Waals surface area (Å²) in [6, 6.07) is 6.46. The minimum atomic E-state index is -0.259. The lowest BCUT2D eigenvalue weighted by atomic mass is 9.90. The second-order valence-corrected chi connectivity index (χ2v) is 10.0. The Morgan fingerprint density at radius 2 is 1.94 bits per heavy atom. The molecule has 4 aliphatic rings. The van der Waals surface area contributed by atoms with E-state index in [-0.39, 0.29) is 30.3 Å². The fraction of sp³-hybridized carbons (Fsp3) is 0.708. The van der Waals surface area contributed by atoms with E-state index < -0.39 is 0 Å². The maximum absolute atomic E-state index is 12.8. The molecule has 4 unspecified atom stereocenters. The van der Waals surface area contributed by atoms with Gasteiger partial charge in [0, 0.05) is 58.3 Å². The lowest BCUT2D eigenvalue weighted by Crippen LogP contribution is -2.77. The zero-order chi connectivity index (χ0) is 24.2. The third-order valence-corrected chi connectivity index (χ3v) is 7.95. The number of carbonyl (C=O) groups is 1. The number of aromatic nitrogens is 1. The van der Waals surface area contributed by atoms with Gasteiger partial charge in [0.05, 0.1) is 30.0 Å². The molecule has 4 aliphatic heterocycles. The SMILES string of the molecule is CCN1CCN(c2ccc(NC3NC(N4CCC(CC#N)CC4)NC4CNNC(=O)C43)cn2)CC1. The van der Waals surface area contributed by atoms with Crippen molar-refractivity contribution in [3.63, 3.8) is 0 Å². The van der Waals surface area contributed by atoms with Crippen molar-refractivity contribution < 1.29 is 4.79 Å². The standard InChI is InChI=1S/C24H38N10O/c1-2-32-11-13-33(14-12-32)20-4-3-18(15-26-20)28-22-21-19(16-27-31-23(21)35)29-24(30-22)34-9-6-17(5-8-25)7-10-34/h3-4,15,17,19,21-22,24,27-30H,2,5-7,9-14,16H2,1H3,(H,31,35). The molecule has 190 valence electrons. The Labute approximate surface area is 207 Å². The molecule has 11 heteroatoms. The van der Waals surface area contributed by atoms with Gasteiger partial charge in [-0.25, -0.2) is 10.4 Å². The van der Waals surface area contributed by atoms with Crippen molar-refractivity contribution in [1.29, 1.82) is 5.26 Å². The second kappa shape index (κ2) is 11.1. The number of hydrogen-bond acceptors (Lipinski definition) is 10. The largest absolute Gasteiger partial charge is 0.368 e. The van der Waals surface area contributed by atoms with Crippen LogP contribution in [-0.2, 0) is 4.79 Å². The summed E-state index contributed by atoms with van der Waals surface area (Å²) >= 11 is 0. The fourth-order valence-electron chi connectivity index (χ4n) is 5.73. The van der Waals surface area contributed by atoms with Crippen LogP contribution in [-0.4, -0.2) is 91.5 Å². The summed E-state index contributed by atoms with van der Waals surface area (Å²) in [5.41, 5.74) is 6.72. The number of anilines is 2. The summed E-state index contributed by atoms with van der Waals surface area (Å²) < 4.78 is 0. The number of amides is 1. The van der Waals surface area contributed by atoms with Crippen molar-refractivity contribution in [3.05, 3.63) is 18.3 Å². The molecule has 1 amide bonds. The van der Waals surface area contributed by atoms with Gasteiger partial charge in [-0.05, 0) is 37.4 Å². The van der Waals surface area contributed by atoms with E-state index in [1.165, 1.54) is 0 Å². The van der Waals surface area contributed by atoms with Crippen LogP contribution in [0.3, 0.4) is 0 Å². The number of rotatable bonds is 6. The van der Waals surface area contributed by atoms with E-state index in [2.05, 4.69) is 66.6 Å². The van der Waals surface area contributed by atoms with Gasteiger partial charge < -0.3 is 15.1 Å². The number of likely N-dealkylation sites (N-methyl/N-ethyl adjacent to an activating group) is 1. The first-order valence-electron chi connectivity index (χ1n) is 13.0. The lowest BCUT2D eigenvalue weighted by Gasteiger charge is -2.49. The van der Waals surface area contributed by atoms with Crippen molar-refractivity contribution in [2.75, 3.05) is 62.6 Å². The topological polar surface area (TPSA) is 124 Å². The summed E-state index contributed by atoms with van der Waals surface area (Å²) in [6.45, 7) is 9.95. The quantitative estimate of drug-likeness (QED) is 0.369. The van der Waals surface area contributed by atoms with E-state index in [4.69, 9.17) is 10.2 Å². The fourth-order valence-corrected chi connectivity index (χ4v) is 5.73. The Morgan fingerprint density at radius 3 is 2.63 bits per heavy atom. The van der Waals surface area contributed by atoms with E-state index in [1.807, 2.05) is 6.20 Å². The Balaban J connectivity index is 1.24. The lowest BCUT2D eigenvalue weighted by molar-refractivity contribution is -0.132. The maximum Gasteiger partial charge on any atom is 0.242 e. The number of nitriles is 1. The molecule has 0 aliphatic carbocycles. The van der Waals surface area contributed by atoms with Gasteiger partial charge in [-0.15, -0.1) is 0 Å². The molecule has 4 fully saturated rings. The van der Waals surface area contributed by atoms with E-state index in [0.29, 0.717) is 18.9 Å². The number of pyridine rings is 1. The normalized spacial score (nSPS) is 30.9. The summed E-state index contributed by atoms with van der Waals surface area (Å²) in [6.07, 6.45) is 4.29. The van der Waals surface area contributed by atoms with E-state index in [1.54, 1.807) is 0 Å². The van der Waals surface area contributed by atoms with Gasteiger partial charge in [-0.3, -0.25) is 25.8 Å². The molecule has 1 aromatic rings. The van der Waals surface area contributed by atoms with E-state index in [0.717, 1.165) is 70.2 Å². The first-order valence-corrected chi connectivity index (χ1v) is 13.0. The van der Waals surface area contributed by atoms with Gasteiger partial charge in [0.1, 0.15) is 12.1 Å². The van der Waals surface area contributed by atoms with Crippen molar-refractivity contribution in [2.45, 2.75) is 44.7 Å². The molecular weight excluding hydrogens is 444 g/mol. The zero-order valence-electron chi connectivity index (χ0n) is 20.5. The molecule has 5 rings (SSSR count). The molecule has 0 saturated carbocycles. The summed E-state index contributed by atoms with van der Waals surface area (Å²) in [4.78, 5) is 24.7. The Hall–Kier alpha value is -2.49. The number of piperidine rings is 1. The summed E-state index contributed by atoms with van der Waals surface area (Å²) in [7, 11) is 0. The highest BCUT2D eigenvalue weighted by atomic mass is 16.2. The van der Waals surface area contributed by atoms with Crippen LogP contribution in [0.15, 0.2) is 18.3 Å². The summed E-state index contributed by atoms with van der Waals surface area (Å²) in [5, 5.41) is 19.9. The second-order valence-electron chi connectivity index (χ2n) is 10.0. The highest BCUT2D eigenvalue weighted by molar-refractivity contribution is 5.81. The molecule has 0 spiro atoms. The smallest absolute Gasteiger partial charge is 0.242 e.